The summed E-state index contributed by atoms with van der Waals surface area (Å²) >= 11 is 1.39. The van der Waals surface area contributed by atoms with E-state index in [-0.39, 0.29) is 18.4 Å². The van der Waals surface area contributed by atoms with Gasteiger partial charge in [0.25, 0.3) is 0 Å². The fourth-order valence-electron chi connectivity index (χ4n) is 3.05. The number of amides is 1. The normalized spacial score (nSPS) is 11.6. The van der Waals surface area contributed by atoms with Crippen molar-refractivity contribution in [2.24, 2.45) is 0 Å². The van der Waals surface area contributed by atoms with Gasteiger partial charge in [0, 0.05) is 4.88 Å². The first-order chi connectivity index (χ1) is 13.6. The lowest BCUT2D eigenvalue weighted by Crippen LogP contribution is -2.21. The lowest BCUT2D eigenvalue weighted by Gasteiger charge is -2.15. The van der Waals surface area contributed by atoms with E-state index in [2.05, 4.69) is 5.32 Å². The average molecular weight is 394 g/mol. The molecule has 5 heteroatoms. The van der Waals surface area contributed by atoms with Crippen molar-refractivity contribution in [2.45, 2.75) is 26.2 Å². The summed E-state index contributed by atoms with van der Waals surface area (Å²) in [6.07, 6.45) is 0.668. The Morgan fingerprint density at radius 1 is 1.00 bits per heavy atom. The van der Waals surface area contributed by atoms with Gasteiger partial charge in [0.15, 0.2) is 0 Å². The largest absolute Gasteiger partial charge is 0.462 e. The molecule has 0 aliphatic rings. The predicted molar refractivity (Wildman–Crippen MR) is 114 cm³/mol. The summed E-state index contributed by atoms with van der Waals surface area (Å²) in [7, 11) is 0. The molecule has 0 bridgehead atoms. The molecule has 3 rings (SSSR count). The maximum Gasteiger partial charge on any atom is 0.341 e. The molecule has 0 radical (unpaired) electrons. The monoisotopic (exact) mass is 393 g/mol. The first kappa shape index (κ1) is 19.8. The summed E-state index contributed by atoms with van der Waals surface area (Å²) < 4.78 is 5.19. The van der Waals surface area contributed by atoms with Crippen molar-refractivity contribution < 1.29 is 14.3 Å². The van der Waals surface area contributed by atoms with Crippen molar-refractivity contribution in [3.8, 4) is 10.4 Å². The molecule has 1 heterocycles. The molecule has 4 nitrogen and oxygen atoms in total. The standard InChI is InChI=1S/C23H23NO3S/c1-3-18(16-11-7-5-8-12-16)21(25)24-22-19(23(26)27-4-2)15-20(28-22)17-13-9-6-10-14-17/h5-15,18H,3-4H2,1-2H3,(H,24,25)/t18-/m1/s1. The molecule has 0 spiro atoms. The third-order valence-electron chi connectivity index (χ3n) is 4.45. The van der Waals surface area contributed by atoms with Gasteiger partial charge in [0.2, 0.25) is 5.91 Å². The van der Waals surface area contributed by atoms with E-state index in [0.29, 0.717) is 17.0 Å². The lowest BCUT2D eigenvalue weighted by atomic mass is 9.96. The summed E-state index contributed by atoms with van der Waals surface area (Å²) in [5.74, 6) is -0.830. The highest BCUT2D eigenvalue weighted by atomic mass is 32.1. The second kappa shape index (κ2) is 9.33. The second-order valence-corrected chi connectivity index (χ2v) is 7.35. The molecule has 0 fully saturated rings. The summed E-state index contributed by atoms with van der Waals surface area (Å²) in [5.41, 5.74) is 2.34. The van der Waals surface area contributed by atoms with Crippen LogP contribution in [0.5, 0.6) is 0 Å². The Hall–Kier alpha value is -2.92. The van der Waals surface area contributed by atoms with E-state index in [9.17, 15) is 9.59 Å². The highest BCUT2D eigenvalue weighted by Crippen LogP contribution is 2.36. The molecule has 3 aromatic rings. The van der Waals surface area contributed by atoms with E-state index < -0.39 is 5.97 Å². The zero-order valence-electron chi connectivity index (χ0n) is 16.0. The molecule has 0 saturated carbocycles. The van der Waals surface area contributed by atoms with Gasteiger partial charge in [0.1, 0.15) is 5.00 Å². The number of hydrogen-bond donors (Lipinski definition) is 1. The smallest absolute Gasteiger partial charge is 0.341 e. The summed E-state index contributed by atoms with van der Waals surface area (Å²) in [5, 5.41) is 3.49. The first-order valence-corrected chi connectivity index (χ1v) is 10.2. The Bertz CT molecular complexity index is 935. The van der Waals surface area contributed by atoms with Crippen LogP contribution in [-0.2, 0) is 9.53 Å². The molecule has 28 heavy (non-hydrogen) atoms. The molecule has 144 valence electrons. The molecule has 1 N–H and O–H groups in total. The third kappa shape index (κ3) is 4.49. The van der Waals surface area contributed by atoms with E-state index in [1.165, 1.54) is 11.3 Å². The Morgan fingerprint density at radius 3 is 2.25 bits per heavy atom. The van der Waals surface area contributed by atoms with Crippen molar-refractivity contribution in [2.75, 3.05) is 11.9 Å². The van der Waals surface area contributed by atoms with Gasteiger partial charge in [-0.15, -0.1) is 11.3 Å². The van der Waals surface area contributed by atoms with E-state index in [0.717, 1.165) is 16.0 Å². The quantitative estimate of drug-likeness (QED) is 0.522. The number of rotatable bonds is 7. The predicted octanol–water partition coefficient (Wildman–Crippen LogP) is 5.72. The minimum absolute atomic E-state index is 0.124. The van der Waals surface area contributed by atoms with E-state index in [1.54, 1.807) is 13.0 Å². The number of benzene rings is 2. The number of esters is 1. The molecule has 1 aromatic heterocycles. The topological polar surface area (TPSA) is 55.4 Å². The summed E-state index contributed by atoms with van der Waals surface area (Å²) in [6, 6.07) is 21.2. The van der Waals surface area contributed by atoms with E-state index in [1.807, 2.05) is 67.6 Å². The van der Waals surface area contributed by atoms with Gasteiger partial charge in [-0.05, 0) is 30.5 Å². The zero-order chi connectivity index (χ0) is 19.9. The minimum atomic E-state index is -0.427. The minimum Gasteiger partial charge on any atom is -0.462 e. The molecule has 0 aliphatic carbocycles. The number of thiophene rings is 1. The molecule has 1 atom stereocenters. The average Bonchev–Trinajstić information content (AvgIpc) is 3.14. The number of anilines is 1. The molecule has 0 saturated heterocycles. The van der Waals surface area contributed by atoms with Gasteiger partial charge in [-0.25, -0.2) is 4.79 Å². The Balaban J connectivity index is 1.92. The fourth-order valence-corrected chi connectivity index (χ4v) is 4.10. The van der Waals surface area contributed by atoms with Crippen LogP contribution in [0.15, 0.2) is 66.7 Å². The lowest BCUT2D eigenvalue weighted by molar-refractivity contribution is -0.117. The van der Waals surface area contributed by atoms with Gasteiger partial charge in [-0.2, -0.15) is 0 Å². The fraction of sp³-hybridized carbons (Fsp3) is 0.217. The van der Waals surface area contributed by atoms with Crippen LogP contribution in [0.4, 0.5) is 5.00 Å². The Kier molecular flexibility index (Phi) is 6.61. The molecular formula is C23H23NO3S. The van der Waals surface area contributed by atoms with Crippen LogP contribution < -0.4 is 5.32 Å². The number of hydrogen-bond acceptors (Lipinski definition) is 4. The highest BCUT2D eigenvalue weighted by molar-refractivity contribution is 7.20. The summed E-state index contributed by atoms with van der Waals surface area (Å²) in [6.45, 7) is 4.03. The van der Waals surface area contributed by atoms with Crippen molar-refractivity contribution in [1.82, 2.24) is 0 Å². The maximum atomic E-state index is 13.0. The number of carbonyl (C=O) groups is 2. The molecule has 1 amide bonds. The van der Waals surface area contributed by atoms with Crippen LogP contribution in [0.3, 0.4) is 0 Å². The van der Waals surface area contributed by atoms with Crippen molar-refractivity contribution >= 4 is 28.2 Å². The van der Waals surface area contributed by atoms with Gasteiger partial charge >= 0.3 is 5.97 Å². The van der Waals surface area contributed by atoms with Gasteiger partial charge in [0.05, 0.1) is 18.1 Å². The van der Waals surface area contributed by atoms with Gasteiger partial charge in [-0.3, -0.25) is 4.79 Å². The van der Waals surface area contributed by atoms with Crippen LogP contribution in [0, 0.1) is 0 Å². The first-order valence-electron chi connectivity index (χ1n) is 9.36. The van der Waals surface area contributed by atoms with Crippen molar-refractivity contribution in [3.05, 3.63) is 77.9 Å². The Morgan fingerprint density at radius 2 is 1.64 bits per heavy atom. The van der Waals surface area contributed by atoms with Crippen molar-refractivity contribution in [3.63, 3.8) is 0 Å². The van der Waals surface area contributed by atoms with Crippen LogP contribution >= 0.6 is 11.3 Å². The third-order valence-corrected chi connectivity index (χ3v) is 5.55. The van der Waals surface area contributed by atoms with Crippen LogP contribution in [0.2, 0.25) is 0 Å². The highest BCUT2D eigenvalue weighted by Gasteiger charge is 2.24. The van der Waals surface area contributed by atoms with Gasteiger partial charge in [-0.1, -0.05) is 67.6 Å². The number of carbonyl (C=O) groups excluding carboxylic acids is 2. The number of ether oxygens (including phenoxy) is 1. The molecule has 2 aromatic carbocycles. The number of nitrogens with one attached hydrogen (secondary N) is 1. The van der Waals surface area contributed by atoms with Crippen molar-refractivity contribution in [1.29, 1.82) is 0 Å². The maximum absolute atomic E-state index is 13.0. The second-order valence-electron chi connectivity index (χ2n) is 6.30. The Labute approximate surface area is 169 Å². The van der Waals surface area contributed by atoms with E-state index >= 15 is 0 Å². The van der Waals surface area contributed by atoms with Gasteiger partial charge < -0.3 is 10.1 Å². The van der Waals surface area contributed by atoms with E-state index in [4.69, 9.17) is 4.74 Å². The van der Waals surface area contributed by atoms with Crippen LogP contribution in [0.25, 0.3) is 10.4 Å². The molecule has 0 aliphatic heterocycles. The molecule has 0 unspecified atom stereocenters. The summed E-state index contributed by atoms with van der Waals surface area (Å²) in [4.78, 5) is 26.3. The SMILES string of the molecule is CCOC(=O)c1cc(-c2ccccc2)sc1NC(=O)[C@H](CC)c1ccccc1. The van der Waals surface area contributed by atoms with Crippen LogP contribution in [0.1, 0.15) is 42.1 Å². The van der Waals surface area contributed by atoms with Crippen LogP contribution in [-0.4, -0.2) is 18.5 Å². The molecular weight excluding hydrogens is 370 g/mol. The zero-order valence-corrected chi connectivity index (χ0v) is 16.8.